The van der Waals surface area contributed by atoms with E-state index in [9.17, 15) is 0 Å². The van der Waals surface area contributed by atoms with Crippen LogP contribution in [0.25, 0.3) is 0 Å². The molecule has 152 valence electrons. The second kappa shape index (κ2) is 14.6. The summed E-state index contributed by atoms with van der Waals surface area (Å²) in [7, 11) is 0. The molecule has 0 saturated carbocycles. The third-order valence-electron chi connectivity index (χ3n) is 3.92. The molecule has 0 radical (unpaired) electrons. The van der Waals surface area contributed by atoms with Crippen molar-refractivity contribution in [2.75, 3.05) is 52.6 Å². The van der Waals surface area contributed by atoms with Crippen molar-refractivity contribution < 1.29 is 14.2 Å². The summed E-state index contributed by atoms with van der Waals surface area (Å²) in [6.07, 6.45) is 1.13. The van der Waals surface area contributed by atoms with Gasteiger partial charge in [0, 0.05) is 19.6 Å². The summed E-state index contributed by atoms with van der Waals surface area (Å²) in [4.78, 5) is 2.45. The molecule has 1 N–H and O–H groups in total. The number of hydrogen-bond donors (Lipinski definition) is 1. The molecule has 1 saturated heterocycles. The number of benzene rings is 1. The molecule has 0 bridgehead atoms. The minimum atomic E-state index is 0. The predicted molar refractivity (Wildman–Crippen MR) is 112 cm³/mol. The van der Waals surface area contributed by atoms with Crippen molar-refractivity contribution in [3.05, 3.63) is 22.7 Å². The molecule has 1 heterocycles. The van der Waals surface area contributed by atoms with Crippen LogP contribution in [0.5, 0.6) is 11.5 Å². The molecule has 1 fully saturated rings. The quantitative estimate of drug-likeness (QED) is 0.573. The number of morpholine rings is 1. The average molecular weight is 430 g/mol. The van der Waals surface area contributed by atoms with Gasteiger partial charge in [-0.2, -0.15) is 0 Å². The van der Waals surface area contributed by atoms with Crippen molar-refractivity contribution in [3.8, 4) is 11.5 Å². The molecule has 26 heavy (non-hydrogen) atoms. The first-order valence-corrected chi connectivity index (χ1v) is 9.21. The van der Waals surface area contributed by atoms with Crippen LogP contribution in [0.1, 0.15) is 25.8 Å². The standard InChI is InChI=1S/C18H29ClN2O3.2ClH/c1-3-23-17-13-15(12-16(19)18(17)24-4-2)14-20-6-5-7-21-8-10-22-11-9-21;;/h12-13,20H,3-11,14H2,1-2H3;2*1H. The van der Waals surface area contributed by atoms with Crippen molar-refractivity contribution in [1.29, 1.82) is 0 Å². The van der Waals surface area contributed by atoms with Gasteiger partial charge in [-0.05, 0) is 51.1 Å². The molecule has 0 aromatic heterocycles. The molecule has 1 aromatic carbocycles. The van der Waals surface area contributed by atoms with Gasteiger partial charge in [0.05, 0.1) is 31.5 Å². The summed E-state index contributed by atoms with van der Waals surface area (Å²) in [6.45, 7) is 11.7. The molecule has 1 aliphatic rings. The van der Waals surface area contributed by atoms with E-state index < -0.39 is 0 Å². The Morgan fingerprint density at radius 1 is 1.12 bits per heavy atom. The molecular formula is C18H31Cl3N2O3. The lowest BCUT2D eigenvalue weighted by atomic mass is 10.2. The Morgan fingerprint density at radius 2 is 1.81 bits per heavy atom. The van der Waals surface area contributed by atoms with Crippen molar-refractivity contribution in [2.45, 2.75) is 26.8 Å². The minimum absolute atomic E-state index is 0. The Kier molecular flexibility index (Phi) is 14.4. The zero-order valence-corrected chi connectivity index (χ0v) is 18.0. The van der Waals surface area contributed by atoms with E-state index in [1.165, 1.54) is 0 Å². The van der Waals surface area contributed by atoms with Crippen LogP contribution >= 0.6 is 36.4 Å². The van der Waals surface area contributed by atoms with E-state index in [1.807, 2.05) is 26.0 Å². The van der Waals surface area contributed by atoms with Crippen LogP contribution in [0.2, 0.25) is 5.02 Å². The first-order valence-electron chi connectivity index (χ1n) is 8.83. The summed E-state index contributed by atoms with van der Waals surface area (Å²) in [5.41, 5.74) is 1.11. The van der Waals surface area contributed by atoms with Gasteiger partial charge in [0.25, 0.3) is 0 Å². The van der Waals surface area contributed by atoms with E-state index in [0.717, 1.165) is 63.7 Å². The monoisotopic (exact) mass is 428 g/mol. The molecule has 1 aliphatic heterocycles. The van der Waals surface area contributed by atoms with Gasteiger partial charge >= 0.3 is 0 Å². The maximum atomic E-state index is 6.34. The van der Waals surface area contributed by atoms with Crippen LogP contribution in [0, 0.1) is 0 Å². The van der Waals surface area contributed by atoms with Gasteiger partial charge in [-0.25, -0.2) is 0 Å². The van der Waals surface area contributed by atoms with Crippen LogP contribution in [-0.2, 0) is 11.3 Å². The zero-order chi connectivity index (χ0) is 17.2. The van der Waals surface area contributed by atoms with Crippen molar-refractivity contribution >= 4 is 36.4 Å². The Morgan fingerprint density at radius 3 is 2.46 bits per heavy atom. The zero-order valence-electron chi connectivity index (χ0n) is 15.6. The van der Waals surface area contributed by atoms with Crippen molar-refractivity contribution in [2.24, 2.45) is 0 Å². The normalized spacial score (nSPS) is 14.3. The van der Waals surface area contributed by atoms with Crippen molar-refractivity contribution in [1.82, 2.24) is 10.2 Å². The number of nitrogens with zero attached hydrogens (tertiary/aromatic N) is 1. The third kappa shape index (κ3) is 8.51. The smallest absolute Gasteiger partial charge is 0.179 e. The van der Waals surface area contributed by atoms with Crippen LogP contribution in [0.3, 0.4) is 0 Å². The minimum Gasteiger partial charge on any atom is -0.490 e. The Labute approximate surface area is 174 Å². The van der Waals surface area contributed by atoms with Gasteiger partial charge in [0.1, 0.15) is 0 Å². The third-order valence-corrected chi connectivity index (χ3v) is 4.20. The molecule has 0 aliphatic carbocycles. The molecule has 0 amide bonds. The highest BCUT2D eigenvalue weighted by molar-refractivity contribution is 6.32. The second-order valence-electron chi connectivity index (χ2n) is 5.76. The Balaban J connectivity index is 0.00000312. The van der Waals surface area contributed by atoms with Gasteiger partial charge in [0.15, 0.2) is 11.5 Å². The van der Waals surface area contributed by atoms with E-state index in [2.05, 4.69) is 10.2 Å². The summed E-state index contributed by atoms with van der Waals surface area (Å²) in [5.74, 6) is 1.36. The number of rotatable bonds is 10. The lowest BCUT2D eigenvalue weighted by molar-refractivity contribution is 0.0374. The van der Waals surface area contributed by atoms with E-state index in [0.29, 0.717) is 24.0 Å². The topological polar surface area (TPSA) is 43.0 Å². The highest BCUT2D eigenvalue weighted by atomic mass is 35.5. The maximum absolute atomic E-state index is 6.34. The van der Waals surface area contributed by atoms with Gasteiger partial charge in [-0.1, -0.05) is 11.6 Å². The highest BCUT2D eigenvalue weighted by Crippen LogP contribution is 2.36. The van der Waals surface area contributed by atoms with Crippen LogP contribution in [0.4, 0.5) is 0 Å². The number of ether oxygens (including phenoxy) is 3. The molecule has 8 heteroatoms. The first-order chi connectivity index (χ1) is 11.7. The summed E-state index contributed by atoms with van der Waals surface area (Å²) in [5, 5.41) is 4.08. The summed E-state index contributed by atoms with van der Waals surface area (Å²) < 4.78 is 16.6. The van der Waals surface area contributed by atoms with E-state index in [1.54, 1.807) is 0 Å². The predicted octanol–water partition coefficient (Wildman–Crippen LogP) is 3.79. The average Bonchev–Trinajstić information content (AvgIpc) is 2.59. The van der Waals surface area contributed by atoms with Crippen LogP contribution in [-0.4, -0.2) is 57.5 Å². The van der Waals surface area contributed by atoms with Gasteiger partial charge < -0.3 is 19.5 Å². The van der Waals surface area contributed by atoms with Gasteiger partial charge in [-0.3, -0.25) is 4.90 Å². The fourth-order valence-corrected chi connectivity index (χ4v) is 3.04. The summed E-state index contributed by atoms with van der Waals surface area (Å²) in [6, 6.07) is 3.96. The second-order valence-corrected chi connectivity index (χ2v) is 6.16. The van der Waals surface area contributed by atoms with Crippen LogP contribution < -0.4 is 14.8 Å². The molecule has 0 spiro atoms. The largest absolute Gasteiger partial charge is 0.490 e. The van der Waals surface area contributed by atoms with E-state index in [4.69, 9.17) is 25.8 Å². The molecule has 2 rings (SSSR count). The first kappa shape index (κ1) is 25.6. The molecule has 1 aromatic rings. The number of hydrogen-bond acceptors (Lipinski definition) is 5. The summed E-state index contributed by atoms with van der Waals surface area (Å²) >= 11 is 6.34. The maximum Gasteiger partial charge on any atom is 0.179 e. The highest BCUT2D eigenvalue weighted by Gasteiger charge is 2.12. The number of nitrogens with one attached hydrogen (secondary N) is 1. The molecule has 5 nitrogen and oxygen atoms in total. The SMILES string of the molecule is CCOc1cc(CNCCCN2CCOCC2)cc(Cl)c1OCC.Cl.Cl. The Bertz CT molecular complexity index is 501. The Hall–Kier alpha value is -0.430. The van der Waals surface area contributed by atoms with Gasteiger partial charge in [-0.15, -0.1) is 24.8 Å². The van der Waals surface area contributed by atoms with Crippen LogP contribution in [0.15, 0.2) is 12.1 Å². The van der Waals surface area contributed by atoms with E-state index in [-0.39, 0.29) is 24.8 Å². The lowest BCUT2D eigenvalue weighted by Crippen LogP contribution is -2.37. The molecule has 0 unspecified atom stereocenters. The van der Waals surface area contributed by atoms with Crippen molar-refractivity contribution in [3.63, 3.8) is 0 Å². The van der Waals surface area contributed by atoms with E-state index >= 15 is 0 Å². The fourth-order valence-electron chi connectivity index (χ4n) is 2.76. The molecular weight excluding hydrogens is 399 g/mol. The lowest BCUT2D eigenvalue weighted by Gasteiger charge is -2.26. The van der Waals surface area contributed by atoms with Gasteiger partial charge in [0.2, 0.25) is 0 Å². The molecule has 0 atom stereocenters. The number of halogens is 3. The fraction of sp³-hybridized carbons (Fsp3) is 0.667.